The summed E-state index contributed by atoms with van der Waals surface area (Å²) < 4.78 is 11.6. The van der Waals surface area contributed by atoms with Crippen LogP contribution in [0.15, 0.2) is 46.4 Å². The predicted molar refractivity (Wildman–Crippen MR) is 118 cm³/mol. The van der Waals surface area contributed by atoms with E-state index in [4.69, 9.17) is 9.47 Å². The molecule has 1 aliphatic heterocycles. The first-order chi connectivity index (χ1) is 14.3. The number of halogens is 1. The van der Waals surface area contributed by atoms with Crippen molar-refractivity contribution in [1.82, 2.24) is 4.90 Å². The fourth-order valence-corrected chi connectivity index (χ4v) is 3.92. The molecule has 2 aromatic rings. The molecule has 0 saturated carbocycles. The van der Waals surface area contributed by atoms with Gasteiger partial charge in [-0.3, -0.25) is 9.59 Å². The maximum atomic E-state index is 12.9. The number of aliphatic hydroxyl groups excluding tert-OH is 1. The van der Waals surface area contributed by atoms with Gasteiger partial charge in [0, 0.05) is 16.6 Å². The number of carbonyl (C=O) groups is 2. The summed E-state index contributed by atoms with van der Waals surface area (Å²) in [6.45, 7) is 4.21. The summed E-state index contributed by atoms with van der Waals surface area (Å²) in [6.07, 6.45) is 0.675. The lowest BCUT2D eigenvalue weighted by molar-refractivity contribution is -0.139. The van der Waals surface area contributed by atoms with Gasteiger partial charge in [-0.05, 0) is 48.7 Å². The lowest BCUT2D eigenvalue weighted by Gasteiger charge is -2.25. The Morgan fingerprint density at radius 2 is 1.80 bits per heavy atom. The molecule has 2 aromatic carbocycles. The number of aliphatic hydroxyl groups is 1. The van der Waals surface area contributed by atoms with Crippen molar-refractivity contribution < 1.29 is 24.2 Å². The van der Waals surface area contributed by atoms with Gasteiger partial charge in [-0.25, -0.2) is 0 Å². The van der Waals surface area contributed by atoms with Crippen LogP contribution in [-0.4, -0.2) is 42.5 Å². The first-order valence-corrected chi connectivity index (χ1v) is 10.4. The highest BCUT2D eigenvalue weighted by atomic mass is 79.9. The smallest absolute Gasteiger partial charge is 0.295 e. The molecular weight excluding hydrogens is 450 g/mol. The summed E-state index contributed by atoms with van der Waals surface area (Å²) in [6, 6.07) is 9.82. The summed E-state index contributed by atoms with van der Waals surface area (Å²) in [7, 11) is 3.06. The molecule has 0 radical (unpaired) electrons. The first-order valence-electron chi connectivity index (χ1n) is 9.60. The Morgan fingerprint density at radius 1 is 1.10 bits per heavy atom. The summed E-state index contributed by atoms with van der Waals surface area (Å²) in [5.41, 5.74) is 2.12. The number of ether oxygens (including phenoxy) is 2. The topological polar surface area (TPSA) is 76.1 Å². The van der Waals surface area contributed by atoms with Gasteiger partial charge in [0.1, 0.15) is 5.76 Å². The SMILES string of the molecule is CCCN1C(=O)C(=O)/C(=C(\O)c2ccc(Br)c(C)c2)C1c1ccc(OC)c(OC)c1. The Bertz CT molecular complexity index is 1030. The second-order valence-corrected chi connectivity index (χ2v) is 7.93. The molecule has 0 aromatic heterocycles. The van der Waals surface area contributed by atoms with E-state index in [9.17, 15) is 14.7 Å². The number of amides is 1. The van der Waals surface area contributed by atoms with E-state index in [0.717, 1.165) is 10.0 Å². The maximum Gasteiger partial charge on any atom is 0.295 e. The molecule has 1 fully saturated rings. The molecule has 0 bridgehead atoms. The minimum Gasteiger partial charge on any atom is -0.507 e. The molecule has 1 N–H and O–H groups in total. The molecule has 0 spiro atoms. The van der Waals surface area contributed by atoms with E-state index >= 15 is 0 Å². The van der Waals surface area contributed by atoms with E-state index < -0.39 is 17.7 Å². The molecule has 1 heterocycles. The Morgan fingerprint density at radius 3 is 2.40 bits per heavy atom. The van der Waals surface area contributed by atoms with Crippen LogP contribution in [-0.2, 0) is 9.59 Å². The number of rotatable bonds is 6. The number of nitrogens with zero attached hydrogens (tertiary/aromatic N) is 1. The first kappa shape index (κ1) is 21.9. The van der Waals surface area contributed by atoms with Gasteiger partial charge in [0.15, 0.2) is 11.5 Å². The van der Waals surface area contributed by atoms with Crippen molar-refractivity contribution >= 4 is 33.4 Å². The highest BCUT2D eigenvalue weighted by molar-refractivity contribution is 9.10. The normalized spacial score (nSPS) is 18.0. The van der Waals surface area contributed by atoms with Crippen LogP contribution in [0.3, 0.4) is 0 Å². The quantitative estimate of drug-likeness (QED) is 0.376. The fourth-order valence-electron chi connectivity index (χ4n) is 3.67. The molecule has 158 valence electrons. The molecule has 0 aliphatic carbocycles. The number of hydrogen-bond acceptors (Lipinski definition) is 5. The van der Waals surface area contributed by atoms with Crippen molar-refractivity contribution in [3.63, 3.8) is 0 Å². The Labute approximate surface area is 184 Å². The van der Waals surface area contributed by atoms with Crippen molar-refractivity contribution in [1.29, 1.82) is 0 Å². The van der Waals surface area contributed by atoms with Gasteiger partial charge in [-0.2, -0.15) is 0 Å². The van der Waals surface area contributed by atoms with Crippen LogP contribution in [0.1, 0.15) is 36.1 Å². The third-order valence-corrected chi connectivity index (χ3v) is 6.05. The average molecular weight is 474 g/mol. The van der Waals surface area contributed by atoms with E-state index in [1.807, 2.05) is 13.8 Å². The molecule has 6 nitrogen and oxygen atoms in total. The molecule has 1 amide bonds. The highest BCUT2D eigenvalue weighted by Crippen LogP contribution is 2.42. The standard InChI is InChI=1S/C23H24BrNO5/c1-5-10-25-20(14-7-9-17(29-3)18(12-14)30-4)19(22(27)23(25)28)21(26)15-6-8-16(24)13(2)11-15/h6-9,11-12,20,26H,5,10H2,1-4H3/b21-19-. The molecule has 3 rings (SSSR count). The largest absolute Gasteiger partial charge is 0.507 e. The highest BCUT2D eigenvalue weighted by Gasteiger charge is 2.45. The molecular formula is C23H24BrNO5. The van der Waals surface area contributed by atoms with E-state index in [2.05, 4.69) is 15.9 Å². The van der Waals surface area contributed by atoms with E-state index in [-0.39, 0.29) is 11.3 Å². The van der Waals surface area contributed by atoms with Gasteiger partial charge < -0.3 is 19.5 Å². The zero-order valence-corrected chi connectivity index (χ0v) is 18.9. The number of Topliss-reactive ketones (excluding diaryl/α,β-unsaturated/α-hetero) is 1. The van der Waals surface area contributed by atoms with Gasteiger partial charge in [0.05, 0.1) is 25.8 Å². The van der Waals surface area contributed by atoms with E-state index in [0.29, 0.717) is 35.6 Å². The Kier molecular flexibility index (Phi) is 6.51. The van der Waals surface area contributed by atoms with Crippen molar-refractivity contribution in [2.24, 2.45) is 0 Å². The Hall–Kier alpha value is -2.80. The summed E-state index contributed by atoms with van der Waals surface area (Å²) in [4.78, 5) is 27.2. The number of methoxy groups -OCH3 is 2. The van der Waals surface area contributed by atoms with Crippen LogP contribution in [0, 0.1) is 6.92 Å². The van der Waals surface area contributed by atoms with Crippen molar-refractivity contribution in [2.45, 2.75) is 26.3 Å². The van der Waals surface area contributed by atoms with E-state index in [1.165, 1.54) is 19.1 Å². The third kappa shape index (κ3) is 3.81. The predicted octanol–water partition coefficient (Wildman–Crippen LogP) is 4.61. The molecule has 30 heavy (non-hydrogen) atoms. The number of hydrogen-bond donors (Lipinski definition) is 1. The Balaban J connectivity index is 2.22. The summed E-state index contributed by atoms with van der Waals surface area (Å²) >= 11 is 3.44. The zero-order chi connectivity index (χ0) is 22.0. The number of likely N-dealkylation sites (tertiary alicyclic amines) is 1. The summed E-state index contributed by atoms with van der Waals surface area (Å²) in [5.74, 6) is -0.482. The van der Waals surface area contributed by atoms with Crippen molar-refractivity contribution in [3.05, 3.63) is 63.1 Å². The van der Waals surface area contributed by atoms with Crippen molar-refractivity contribution in [2.75, 3.05) is 20.8 Å². The lowest BCUT2D eigenvalue weighted by Crippen LogP contribution is -2.30. The van der Waals surface area contributed by atoms with Gasteiger partial charge in [-0.15, -0.1) is 0 Å². The van der Waals surface area contributed by atoms with Crippen molar-refractivity contribution in [3.8, 4) is 11.5 Å². The number of benzene rings is 2. The number of carbonyl (C=O) groups excluding carboxylic acids is 2. The van der Waals surface area contributed by atoms with E-state index in [1.54, 1.807) is 36.4 Å². The minimum absolute atomic E-state index is 0.0717. The van der Waals surface area contributed by atoms with Crippen LogP contribution >= 0.6 is 15.9 Å². The lowest BCUT2D eigenvalue weighted by atomic mass is 9.94. The minimum atomic E-state index is -0.714. The second kappa shape index (κ2) is 8.92. The molecule has 1 atom stereocenters. The molecule has 1 saturated heterocycles. The van der Waals surface area contributed by atoms with Crippen LogP contribution < -0.4 is 9.47 Å². The van der Waals surface area contributed by atoms with Crippen LogP contribution in [0.2, 0.25) is 0 Å². The van der Waals surface area contributed by atoms with Gasteiger partial charge in [0.2, 0.25) is 0 Å². The number of aryl methyl sites for hydroxylation is 1. The van der Waals surface area contributed by atoms with Crippen LogP contribution in [0.25, 0.3) is 5.76 Å². The summed E-state index contributed by atoms with van der Waals surface area (Å²) in [5, 5.41) is 11.1. The van der Waals surface area contributed by atoms with Crippen LogP contribution in [0.4, 0.5) is 0 Å². The van der Waals surface area contributed by atoms with Gasteiger partial charge in [0.25, 0.3) is 11.7 Å². The number of ketones is 1. The zero-order valence-electron chi connectivity index (χ0n) is 17.4. The van der Waals surface area contributed by atoms with Crippen LogP contribution in [0.5, 0.6) is 11.5 Å². The van der Waals surface area contributed by atoms with Gasteiger partial charge >= 0.3 is 0 Å². The molecule has 1 unspecified atom stereocenters. The fraction of sp³-hybridized carbons (Fsp3) is 0.304. The van der Waals surface area contributed by atoms with Gasteiger partial charge in [-0.1, -0.05) is 35.0 Å². The molecule has 1 aliphatic rings. The maximum absolute atomic E-state index is 12.9. The third-order valence-electron chi connectivity index (χ3n) is 5.16. The monoisotopic (exact) mass is 473 g/mol. The average Bonchev–Trinajstić information content (AvgIpc) is 2.99. The molecule has 7 heteroatoms. The second-order valence-electron chi connectivity index (χ2n) is 7.07.